The topological polar surface area (TPSA) is 52.0 Å². The number of aryl methyl sites for hydroxylation is 1. The number of hydrogen-bond acceptors (Lipinski definition) is 3. The number of aromatic nitrogens is 2. The molecule has 0 aliphatic rings. The van der Waals surface area contributed by atoms with Crippen LogP contribution in [-0.4, -0.2) is 17.4 Å². The van der Waals surface area contributed by atoms with Crippen molar-refractivity contribution in [2.45, 2.75) is 18.0 Å². The van der Waals surface area contributed by atoms with Crippen molar-refractivity contribution in [3.05, 3.63) is 59.9 Å². The fraction of sp³-hybridized carbons (Fsp3) is 0.133. The number of benzene rings is 1. The second-order valence-electron chi connectivity index (χ2n) is 5.06. The third kappa shape index (κ3) is 2.70. The molecule has 23 heavy (non-hydrogen) atoms. The Morgan fingerprint density at radius 3 is 2.35 bits per heavy atom. The molecule has 0 saturated heterocycles. The number of halogens is 3. The maximum Gasteiger partial charge on any atom is 0.417 e. The largest absolute Gasteiger partial charge is 0.417 e. The fourth-order valence-electron chi connectivity index (χ4n) is 2.17. The van der Waals surface area contributed by atoms with Gasteiger partial charge in [0, 0.05) is 17.8 Å². The first-order valence-corrected chi connectivity index (χ1v) is 8.00. The molecule has 0 radical (unpaired) electrons. The van der Waals surface area contributed by atoms with Crippen molar-refractivity contribution in [1.82, 2.24) is 8.96 Å². The molecule has 1 aromatic carbocycles. The molecule has 0 bridgehead atoms. The van der Waals surface area contributed by atoms with Crippen LogP contribution in [0.5, 0.6) is 0 Å². The molecule has 0 unspecified atom stereocenters. The lowest BCUT2D eigenvalue weighted by atomic mass is 10.2. The van der Waals surface area contributed by atoms with E-state index < -0.39 is 21.8 Å². The molecular weight excluding hydrogens is 329 g/mol. The van der Waals surface area contributed by atoms with Crippen molar-refractivity contribution >= 4 is 21.1 Å². The maximum absolute atomic E-state index is 12.7. The van der Waals surface area contributed by atoms with E-state index in [4.69, 9.17) is 0 Å². The van der Waals surface area contributed by atoms with E-state index in [2.05, 4.69) is 4.98 Å². The predicted octanol–water partition coefficient (Wildman–Crippen LogP) is 3.60. The molecule has 0 aliphatic carbocycles. The molecule has 0 N–H and O–H groups in total. The first kappa shape index (κ1) is 15.5. The first-order chi connectivity index (χ1) is 10.7. The summed E-state index contributed by atoms with van der Waals surface area (Å²) in [5.41, 5.74) is -0.0664. The van der Waals surface area contributed by atoms with Crippen molar-refractivity contribution in [3.8, 4) is 0 Å². The minimum absolute atomic E-state index is 0.0430. The lowest BCUT2D eigenvalue weighted by molar-refractivity contribution is -0.137. The molecule has 0 aliphatic heterocycles. The van der Waals surface area contributed by atoms with E-state index in [0.29, 0.717) is 6.20 Å². The highest BCUT2D eigenvalue weighted by molar-refractivity contribution is 7.90. The zero-order chi connectivity index (χ0) is 16.8. The van der Waals surface area contributed by atoms with Gasteiger partial charge in [0.15, 0.2) is 5.65 Å². The van der Waals surface area contributed by atoms with Gasteiger partial charge in [-0.1, -0.05) is 17.7 Å². The average molecular weight is 340 g/mol. The Labute approximate surface area is 130 Å². The maximum atomic E-state index is 12.7. The Bertz CT molecular complexity index is 974. The van der Waals surface area contributed by atoms with Crippen LogP contribution >= 0.6 is 0 Å². The quantitative estimate of drug-likeness (QED) is 0.716. The number of alkyl halides is 3. The average Bonchev–Trinajstić information content (AvgIpc) is 2.90. The van der Waals surface area contributed by atoms with Crippen LogP contribution in [0.25, 0.3) is 11.0 Å². The van der Waals surface area contributed by atoms with E-state index in [1.807, 2.05) is 6.92 Å². The van der Waals surface area contributed by atoms with Gasteiger partial charge in [0.05, 0.1) is 10.5 Å². The van der Waals surface area contributed by atoms with Crippen LogP contribution in [0.3, 0.4) is 0 Å². The number of pyridine rings is 1. The Morgan fingerprint density at radius 2 is 1.74 bits per heavy atom. The molecule has 2 heterocycles. The minimum Gasteiger partial charge on any atom is -0.237 e. The van der Waals surface area contributed by atoms with Gasteiger partial charge in [-0.05, 0) is 31.2 Å². The van der Waals surface area contributed by atoms with E-state index in [9.17, 15) is 21.6 Å². The van der Waals surface area contributed by atoms with Gasteiger partial charge in [0.1, 0.15) is 0 Å². The van der Waals surface area contributed by atoms with Crippen LogP contribution in [0.1, 0.15) is 11.1 Å². The predicted molar refractivity (Wildman–Crippen MR) is 78.5 cm³/mol. The van der Waals surface area contributed by atoms with Crippen LogP contribution in [-0.2, 0) is 16.2 Å². The van der Waals surface area contributed by atoms with Gasteiger partial charge in [0.25, 0.3) is 10.0 Å². The third-order valence-corrected chi connectivity index (χ3v) is 5.08. The zero-order valence-electron chi connectivity index (χ0n) is 11.9. The Hall–Kier alpha value is -2.35. The van der Waals surface area contributed by atoms with Gasteiger partial charge in [0.2, 0.25) is 0 Å². The van der Waals surface area contributed by atoms with Gasteiger partial charge in [-0.3, -0.25) is 0 Å². The summed E-state index contributed by atoms with van der Waals surface area (Å²) in [6, 6.07) is 8.36. The summed E-state index contributed by atoms with van der Waals surface area (Å²) in [6.45, 7) is 1.82. The second kappa shape index (κ2) is 5.09. The summed E-state index contributed by atoms with van der Waals surface area (Å²) < 4.78 is 64.2. The molecule has 3 rings (SSSR count). The molecule has 8 heteroatoms. The smallest absolute Gasteiger partial charge is 0.237 e. The molecule has 2 aromatic heterocycles. The Morgan fingerprint density at radius 1 is 1.09 bits per heavy atom. The summed E-state index contributed by atoms with van der Waals surface area (Å²) in [4.78, 5) is 3.72. The molecule has 120 valence electrons. The molecule has 3 aromatic rings. The SMILES string of the molecule is Cc1ccc(S(=O)(=O)n2ccc3cc(C(F)(F)F)cnc32)cc1. The highest BCUT2D eigenvalue weighted by Crippen LogP contribution is 2.31. The summed E-state index contributed by atoms with van der Waals surface area (Å²) in [7, 11) is -3.91. The van der Waals surface area contributed by atoms with E-state index in [1.54, 1.807) is 12.1 Å². The Balaban J connectivity index is 2.15. The third-order valence-electron chi connectivity index (χ3n) is 3.40. The zero-order valence-corrected chi connectivity index (χ0v) is 12.7. The minimum atomic E-state index is -4.53. The van der Waals surface area contributed by atoms with E-state index in [-0.39, 0.29) is 15.9 Å². The standard InChI is InChI=1S/C15H11F3N2O2S/c1-10-2-4-13(5-3-10)23(21,22)20-7-6-11-8-12(15(16,17)18)9-19-14(11)20/h2-9H,1H3. The van der Waals surface area contributed by atoms with Crippen LogP contribution in [0.2, 0.25) is 0 Å². The molecule has 0 saturated carbocycles. The van der Waals surface area contributed by atoms with Crippen LogP contribution in [0, 0.1) is 6.92 Å². The lowest BCUT2D eigenvalue weighted by Crippen LogP contribution is -2.13. The van der Waals surface area contributed by atoms with E-state index in [1.165, 1.54) is 24.4 Å². The van der Waals surface area contributed by atoms with Crippen molar-refractivity contribution in [1.29, 1.82) is 0 Å². The molecule has 0 fully saturated rings. The Kier molecular flexibility index (Phi) is 3.44. The van der Waals surface area contributed by atoms with Crippen molar-refractivity contribution < 1.29 is 21.6 Å². The first-order valence-electron chi connectivity index (χ1n) is 6.56. The number of nitrogens with zero attached hydrogens (tertiary/aromatic N) is 2. The van der Waals surface area contributed by atoms with Crippen molar-refractivity contribution in [2.75, 3.05) is 0 Å². The fourth-order valence-corrected chi connectivity index (χ4v) is 3.48. The monoisotopic (exact) mass is 340 g/mol. The van der Waals surface area contributed by atoms with Crippen LogP contribution in [0.4, 0.5) is 13.2 Å². The van der Waals surface area contributed by atoms with Gasteiger partial charge in [-0.2, -0.15) is 13.2 Å². The number of fused-ring (bicyclic) bond motifs is 1. The van der Waals surface area contributed by atoms with Gasteiger partial charge in [-0.15, -0.1) is 0 Å². The molecule has 0 amide bonds. The summed E-state index contributed by atoms with van der Waals surface area (Å²) in [6.07, 6.45) is -2.70. The number of hydrogen-bond donors (Lipinski definition) is 0. The lowest BCUT2D eigenvalue weighted by Gasteiger charge is -2.09. The summed E-state index contributed by atoms with van der Waals surface area (Å²) >= 11 is 0. The van der Waals surface area contributed by atoms with Gasteiger partial charge < -0.3 is 0 Å². The summed E-state index contributed by atoms with van der Waals surface area (Å²) in [5.74, 6) is 0. The highest BCUT2D eigenvalue weighted by Gasteiger charge is 2.31. The molecular formula is C15H11F3N2O2S. The van der Waals surface area contributed by atoms with Gasteiger partial charge >= 0.3 is 6.18 Å². The van der Waals surface area contributed by atoms with E-state index >= 15 is 0 Å². The molecule has 0 spiro atoms. The van der Waals surface area contributed by atoms with Gasteiger partial charge in [-0.25, -0.2) is 17.4 Å². The number of rotatable bonds is 2. The molecule has 4 nitrogen and oxygen atoms in total. The van der Waals surface area contributed by atoms with Crippen LogP contribution < -0.4 is 0 Å². The summed E-state index contributed by atoms with van der Waals surface area (Å²) in [5, 5.41) is 0.107. The molecule has 0 atom stereocenters. The highest BCUT2D eigenvalue weighted by atomic mass is 32.2. The normalized spacial score (nSPS) is 12.7. The van der Waals surface area contributed by atoms with Crippen molar-refractivity contribution in [3.63, 3.8) is 0 Å². The second-order valence-corrected chi connectivity index (χ2v) is 6.88. The van der Waals surface area contributed by atoms with Crippen molar-refractivity contribution in [2.24, 2.45) is 0 Å². The van der Waals surface area contributed by atoms with E-state index in [0.717, 1.165) is 15.6 Å². The van der Waals surface area contributed by atoms with Crippen LogP contribution in [0.15, 0.2) is 53.7 Å².